The van der Waals surface area contributed by atoms with Crippen LogP contribution < -0.4 is 5.32 Å². The number of ether oxygens (including phenoxy) is 1. The SMILES string of the molecule is C[C@@H](NC(=O)/C=C/c1ccc(F)cc1)C(=O)N1CCOCC1. The Morgan fingerprint density at radius 2 is 1.91 bits per heavy atom. The van der Waals surface area contributed by atoms with Gasteiger partial charge in [-0.3, -0.25) is 9.59 Å². The van der Waals surface area contributed by atoms with Crippen molar-refractivity contribution in [2.24, 2.45) is 0 Å². The summed E-state index contributed by atoms with van der Waals surface area (Å²) < 4.78 is 18.0. The summed E-state index contributed by atoms with van der Waals surface area (Å²) in [6.07, 6.45) is 2.90. The highest BCUT2D eigenvalue weighted by molar-refractivity contribution is 5.95. The van der Waals surface area contributed by atoms with E-state index in [1.807, 2.05) is 0 Å². The Balaban J connectivity index is 1.85. The Morgan fingerprint density at radius 1 is 1.27 bits per heavy atom. The Labute approximate surface area is 128 Å². The lowest BCUT2D eigenvalue weighted by Gasteiger charge is -2.29. The van der Waals surface area contributed by atoms with Crippen molar-refractivity contribution in [3.05, 3.63) is 41.7 Å². The average molecular weight is 306 g/mol. The van der Waals surface area contributed by atoms with Crippen molar-refractivity contribution in [3.63, 3.8) is 0 Å². The van der Waals surface area contributed by atoms with Gasteiger partial charge in [-0.1, -0.05) is 12.1 Å². The van der Waals surface area contributed by atoms with Gasteiger partial charge in [-0.25, -0.2) is 4.39 Å². The van der Waals surface area contributed by atoms with E-state index in [1.54, 1.807) is 30.0 Å². The van der Waals surface area contributed by atoms with Gasteiger partial charge >= 0.3 is 0 Å². The molecule has 2 rings (SSSR count). The van der Waals surface area contributed by atoms with Gasteiger partial charge in [-0.15, -0.1) is 0 Å². The molecule has 0 radical (unpaired) electrons. The number of morpholine rings is 1. The summed E-state index contributed by atoms with van der Waals surface area (Å²) in [6.45, 7) is 3.80. The zero-order valence-electron chi connectivity index (χ0n) is 12.4. The first kappa shape index (κ1) is 16.2. The van der Waals surface area contributed by atoms with Crippen molar-refractivity contribution < 1.29 is 18.7 Å². The van der Waals surface area contributed by atoms with E-state index < -0.39 is 6.04 Å². The highest BCUT2D eigenvalue weighted by atomic mass is 19.1. The smallest absolute Gasteiger partial charge is 0.245 e. The molecule has 0 unspecified atom stereocenters. The molecular weight excluding hydrogens is 287 g/mol. The summed E-state index contributed by atoms with van der Waals surface area (Å²) >= 11 is 0. The third-order valence-corrected chi connectivity index (χ3v) is 3.35. The van der Waals surface area contributed by atoms with Gasteiger partial charge in [0.05, 0.1) is 13.2 Å². The van der Waals surface area contributed by atoms with Gasteiger partial charge in [-0.05, 0) is 30.7 Å². The molecule has 1 atom stereocenters. The maximum Gasteiger partial charge on any atom is 0.245 e. The largest absolute Gasteiger partial charge is 0.378 e. The summed E-state index contributed by atoms with van der Waals surface area (Å²) in [6, 6.07) is 5.19. The van der Waals surface area contributed by atoms with Crippen LogP contribution in [0.5, 0.6) is 0 Å². The van der Waals surface area contributed by atoms with E-state index in [0.29, 0.717) is 31.9 Å². The molecule has 1 aliphatic rings. The van der Waals surface area contributed by atoms with Crippen molar-refractivity contribution in [3.8, 4) is 0 Å². The summed E-state index contributed by atoms with van der Waals surface area (Å²) in [4.78, 5) is 25.6. The molecule has 0 aliphatic carbocycles. The van der Waals surface area contributed by atoms with E-state index in [1.165, 1.54) is 18.2 Å². The van der Waals surface area contributed by atoms with Crippen molar-refractivity contribution in [1.82, 2.24) is 10.2 Å². The first-order chi connectivity index (χ1) is 10.6. The van der Waals surface area contributed by atoms with Gasteiger partial charge in [0, 0.05) is 19.2 Å². The van der Waals surface area contributed by atoms with Gasteiger partial charge in [0.25, 0.3) is 0 Å². The number of nitrogens with zero attached hydrogens (tertiary/aromatic N) is 1. The maximum absolute atomic E-state index is 12.8. The normalized spacial score (nSPS) is 16.5. The van der Waals surface area contributed by atoms with Gasteiger partial charge in [0.1, 0.15) is 11.9 Å². The number of amides is 2. The molecule has 1 aromatic carbocycles. The Bertz CT molecular complexity index is 551. The van der Waals surface area contributed by atoms with E-state index in [4.69, 9.17) is 4.74 Å². The summed E-state index contributed by atoms with van der Waals surface area (Å²) in [7, 11) is 0. The van der Waals surface area contributed by atoms with Crippen LogP contribution >= 0.6 is 0 Å². The number of benzene rings is 1. The lowest BCUT2D eigenvalue weighted by Crippen LogP contribution is -2.50. The van der Waals surface area contributed by atoms with E-state index in [2.05, 4.69) is 5.32 Å². The number of carbonyl (C=O) groups excluding carboxylic acids is 2. The molecule has 0 spiro atoms. The fourth-order valence-electron chi connectivity index (χ4n) is 2.13. The number of nitrogens with one attached hydrogen (secondary N) is 1. The lowest BCUT2D eigenvalue weighted by atomic mass is 10.2. The van der Waals surface area contributed by atoms with Gasteiger partial charge in [0.2, 0.25) is 11.8 Å². The molecule has 5 nitrogen and oxygen atoms in total. The van der Waals surface area contributed by atoms with E-state index >= 15 is 0 Å². The highest BCUT2D eigenvalue weighted by Crippen LogP contribution is 2.05. The van der Waals surface area contributed by atoms with Crippen LogP contribution in [0.4, 0.5) is 4.39 Å². The van der Waals surface area contributed by atoms with Gasteiger partial charge in [-0.2, -0.15) is 0 Å². The third-order valence-electron chi connectivity index (χ3n) is 3.35. The van der Waals surface area contributed by atoms with Crippen molar-refractivity contribution in [1.29, 1.82) is 0 Å². The first-order valence-electron chi connectivity index (χ1n) is 7.17. The first-order valence-corrected chi connectivity index (χ1v) is 7.17. The summed E-state index contributed by atoms with van der Waals surface area (Å²) in [5, 5.41) is 2.63. The van der Waals surface area contributed by atoms with Crippen molar-refractivity contribution >= 4 is 17.9 Å². The molecule has 22 heavy (non-hydrogen) atoms. The van der Waals surface area contributed by atoms with E-state index in [0.717, 1.165) is 0 Å². The molecule has 118 valence electrons. The molecule has 0 saturated carbocycles. The Morgan fingerprint density at radius 3 is 2.55 bits per heavy atom. The Hall–Kier alpha value is -2.21. The highest BCUT2D eigenvalue weighted by Gasteiger charge is 2.22. The van der Waals surface area contributed by atoms with E-state index in [9.17, 15) is 14.0 Å². The van der Waals surface area contributed by atoms with Crippen LogP contribution in [0.25, 0.3) is 6.08 Å². The number of carbonyl (C=O) groups is 2. The molecule has 0 bridgehead atoms. The van der Waals surface area contributed by atoms with E-state index in [-0.39, 0.29) is 17.6 Å². The number of halogens is 1. The van der Waals surface area contributed by atoms with Crippen LogP contribution in [-0.2, 0) is 14.3 Å². The molecule has 1 saturated heterocycles. The molecule has 1 fully saturated rings. The number of hydrogen-bond donors (Lipinski definition) is 1. The second kappa shape index (κ2) is 7.70. The molecule has 2 amide bonds. The van der Waals surface area contributed by atoms with Gasteiger partial charge in [0.15, 0.2) is 0 Å². The molecule has 1 N–H and O–H groups in total. The molecule has 1 heterocycles. The van der Waals surface area contributed by atoms with Gasteiger partial charge < -0.3 is 15.0 Å². The standard InChI is InChI=1S/C16H19FN2O3/c1-12(16(21)19-8-10-22-11-9-19)18-15(20)7-4-13-2-5-14(17)6-3-13/h2-7,12H,8-11H2,1H3,(H,18,20)/b7-4+/t12-/m1/s1. The van der Waals surface area contributed by atoms with Crippen LogP contribution in [-0.4, -0.2) is 49.1 Å². The lowest BCUT2D eigenvalue weighted by molar-refractivity contribution is -0.138. The maximum atomic E-state index is 12.8. The molecule has 1 aromatic rings. The number of rotatable bonds is 4. The summed E-state index contributed by atoms with van der Waals surface area (Å²) in [5.74, 6) is -0.809. The fraction of sp³-hybridized carbons (Fsp3) is 0.375. The minimum Gasteiger partial charge on any atom is -0.378 e. The monoisotopic (exact) mass is 306 g/mol. The number of hydrogen-bond acceptors (Lipinski definition) is 3. The zero-order chi connectivity index (χ0) is 15.9. The van der Waals surface area contributed by atoms with Crippen LogP contribution in [0.1, 0.15) is 12.5 Å². The molecular formula is C16H19FN2O3. The van der Waals surface area contributed by atoms with Crippen molar-refractivity contribution in [2.75, 3.05) is 26.3 Å². The van der Waals surface area contributed by atoms with Crippen molar-refractivity contribution in [2.45, 2.75) is 13.0 Å². The molecule has 0 aromatic heterocycles. The molecule has 6 heteroatoms. The fourth-order valence-corrected chi connectivity index (χ4v) is 2.13. The minimum absolute atomic E-state index is 0.119. The second-order valence-electron chi connectivity index (χ2n) is 5.05. The molecule has 1 aliphatic heterocycles. The Kier molecular flexibility index (Phi) is 5.66. The van der Waals surface area contributed by atoms with Crippen LogP contribution in [0, 0.1) is 5.82 Å². The second-order valence-corrected chi connectivity index (χ2v) is 5.05. The minimum atomic E-state index is -0.594. The van der Waals surface area contributed by atoms with Crippen LogP contribution in [0.15, 0.2) is 30.3 Å². The zero-order valence-corrected chi connectivity index (χ0v) is 12.4. The summed E-state index contributed by atoms with van der Waals surface area (Å²) in [5.41, 5.74) is 0.712. The average Bonchev–Trinajstić information content (AvgIpc) is 2.54. The third kappa shape index (κ3) is 4.66. The predicted molar refractivity (Wildman–Crippen MR) is 80.4 cm³/mol. The van der Waals surface area contributed by atoms with Crippen LogP contribution in [0.2, 0.25) is 0 Å². The quantitative estimate of drug-likeness (QED) is 0.851. The van der Waals surface area contributed by atoms with Crippen LogP contribution in [0.3, 0.4) is 0 Å². The topological polar surface area (TPSA) is 58.6 Å². The predicted octanol–water partition coefficient (Wildman–Crippen LogP) is 1.20.